The third kappa shape index (κ3) is 6.53. The van der Waals surface area contributed by atoms with Crippen LogP contribution in [0.25, 0.3) is 0 Å². The zero-order valence-corrected chi connectivity index (χ0v) is 21.5. The van der Waals surface area contributed by atoms with Gasteiger partial charge in [0, 0.05) is 42.9 Å². The second kappa shape index (κ2) is 11.4. The molecule has 2 aliphatic rings. The monoisotopic (exact) mass is 492 g/mol. The average Bonchev–Trinajstić information content (AvgIpc) is 3.50. The van der Waals surface area contributed by atoms with Crippen LogP contribution in [0.2, 0.25) is 0 Å². The van der Waals surface area contributed by atoms with E-state index >= 15 is 0 Å². The van der Waals surface area contributed by atoms with E-state index < -0.39 is 11.7 Å². The third-order valence-corrected chi connectivity index (χ3v) is 6.55. The van der Waals surface area contributed by atoms with Gasteiger partial charge in [-0.25, -0.2) is 15.2 Å². The van der Waals surface area contributed by atoms with E-state index in [1.54, 1.807) is 12.4 Å². The predicted octanol–water partition coefficient (Wildman–Crippen LogP) is 1.85. The van der Waals surface area contributed by atoms with Crippen LogP contribution in [0.1, 0.15) is 65.5 Å². The molecule has 35 heavy (non-hydrogen) atoms. The van der Waals surface area contributed by atoms with Crippen molar-refractivity contribution in [2.75, 3.05) is 38.3 Å². The zero-order chi connectivity index (χ0) is 25.6. The van der Waals surface area contributed by atoms with Gasteiger partial charge in [0.05, 0.1) is 31.1 Å². The van der Waals surface area contributed by atoms with E-state index in [0.29, 0.717) is 31.9 Å². The Kier molecular flexibility index (Phi) is 8.79. The first-order valence-electron chi connectivity index (χ1n) is 12.3. The Morgan fingerprint density at radius 3 is 2.80 bits per heavy atom. The molecule has 2 atom stereocenters. The third-order valence-electron chi connectivity index (χ3n) is 6.55. The predicted molar refractivity (Wildman–Crippen MR) is 131 cm³/mol. The first kappa shape index (κ1) is 27.0. The number of hydrogen-bond acceptors (Lipinski definition) is 8. The summed E-state index contributed by atoms with van der Waals surface area (Å²) >= 11 is 0. The SMILES string of the molecule is CC(C)NC(=O)OC1(C(C)(C)C)CCCC1c1ccn(NC(=O)C2=CNN(CCOCCO)C2)n1. The Balaban J connectivity index is 1.64. The highest BCUT2D eigenvalue weighted by Crippen LogP contribution is 2.54. The van der Waals surface area contributed by atoms with Crippen molar-refractivity contribution in [2.24, 2.45) is 5.41 Å². The molecule has 2 amide bonds. The second-order valence-electron chi connectivity index (χ2n) is 10.5. The van der Waals surface area contributed by atoms with Crippen molar-refractivity contribution in [1.82, 2.24) is 25.6 Å². The lowest BCUT2D eigenvalue weighted by Crippen LogP contribution is -2.51. The Hall–Kier alpha value is -2.63. The quantitative estimate of drug-likeness (QED) is 0.364. The van der Waals surface area contributed by atoms with Crippen molar-refractivity contribution >= 4 is 12.0 Å². The molecule has 1 aliphatic carbocycles. The fraction of sp³-hybridized carbons (Fsp3) is 0.708. The molecule has 1 aliphatic heterocycles. The number of hydrazine groups is 1. The molecular formula is C24H40N6O5. The lowest BCUT2D eigenvalue weighted by Gasteiger charge is -2.45. The van der Waals surface area contributed by atoms with Crippen LogP contribution in [0.3, 0.4) is 0 Å². The Bertz CT molecular complexity index is 908. The topological polar surface area (TPSA) is 130 Å². The second-order valence-corrected chi connectivity index (χ2v) is 10.5. The number of aliphatic hydroxyl groups is 1. The first-order valence-corrected chi connectivity index (χ1v) is 12.3. The summed E-state index contributed by atoms with van der Waals surface area (Å²) in [5, 5.41) is 18.1. The fourth-order valence-electron chi connectivity index (χ4n) is 4.82. The number of nitrogens with zero attached hydrogens (tertiary/aromatic N) is 3. The lowest BCUT2D eigenvalue weighted by molar-refractivity contribution is -0.114. The molecule has 1 aromatic rings. The van der Waals surface area contributed by atoms with E-state index in [4.69, 9.17) is 14.6 Å². The van der Waals surface area contributed by atoms with E-state index in [-0.39, 0.29) is 29.9 Å². The molecule has 4 N–H and O–H groups in total. The molecule has 196 valence electrons. The minimum atomic E-state index is -0.703. The van der Waals surface area contributed by atoms with Gasteiger partial charge in [0.15, 0.2) is 0 Å². The van der Waals surface area contributed by atoms with Crippen LogP contribution in [-0.2, 0) is 14.3 Å². The number of alkyl carbamates (subject to hydrolysis) is 1. The van der Waals surface area contributed by atoms with Crippen molar-refractivity contribution in [3.63, 3.8) is 0 Å². The smallest absolute Gasteiger partial charge is 0.407 e. The molecule has 1 saturated carbocycles. The van der Waals surface area contributed by atoms with E-state index in [1.165, 1.54) is 4.79 Å². The highest BCUT2D eigenvalue weighted by molar-refractivity contribution is 5.99. The number of hydrogen-bond donors (Lipinski definition) is 4. The van der Waals surface area contributed by atoms with Crippen LogP contribution in [-0.4, -0.2) is 76.6 Å². The van der Waals surface area contributed by atoms with Crippen molar-refractivity contribution in [3.8, 4) is 0 Å². The number of carbonyl (C=O) groups is 2. The molecule has 11 heteroatoms. The van der Waals surface area contributed by atoms with Gasteiger partial charge < -0.3 is 25.3 Å². The van der Waals surface area contributed by atoms with Crippen LogP contribution in [0.5, 0.6) is 0 Å². The maximum atomic E-state index is 12.8. The van der Waals surface area contributed by atoms with Gasteiger partial charge in [-0.2, -0.15) is 9.89 Å². The van der Waals surface area contributed by atoms with Gasteiger partial charge in [-0.05, 0) is 39.2 Å². The Morgan fingerprint density at radius 2 is 2.11 bits per heavy atom. The maximum absolute atomic E-state index is 12.8. The van der Waals surface area contributed by atoms with E-state index in [0.717, 1.165) is 25.0 Å². The van der Waals surface area contributed by atoms with E-state index in [1.807, 2.05) is 24.9 Å². The molecule has 0 spiro atoms. The largest absolute Gasteiger partial charge is 0.442 e. The molecule has 11 nitrogen and oxygen atoms in total. The highest BCUT2D eigenvalue weighted by atomic mass is 16.6. The number of aromatic nitrogens is 2. The minimum Gasteiger partial charge on any atom is -0.442 e. The normalized spacial score (nSPS) is 22.7. The van der Waals surface area contributed by atoms with Crippen molar-refractivity contribution in [2.45, 2.75) is 71.4 Å². The van der Waals surface area contributed by atoms with Crippen molar-refractivity contribution in [1.29, 1.82) is 0 Å². The standard InChI is InChI=1S/C24H40N6O5/c1-17(2)26-22(33)35-24(23(3,4)5)9-6-7-19(24)20-8-10-30(27-20)28-21(32)18-15-25-29(16-18)11-13-34-14-12-31/h8,10,15,17,19,25,31H,6-7,9,11-14,16H2,1-5H3,(H,26,33)(H,28,32). The molecule has 2 unspecified atom stereocenters. The molecular weight excluding hydrogens is 452 g/mol. The van der Waals surface area contributed by atoms with Crippen LogP contribution >= 0.6 is 0 Å². The number of aliphatic hydroxyl groups excluding tert-OH is 1. The molecule has 1 fully saturated rings. The van der Waals surface area contributed by atoms with E-state index in [9.17, 15) is 9.59 Å². The summed E-state index contributed by atoms with van der Waals surface area (Å²) < 4.78 is 11.4. The highest BCUT2D eigenvalue weighted by Gasteiger charge is 2.55. The summed E-state index contributed by atoms with van der Waals surface area (Å²) in [6.45, 7) is 11.8. The van der Waals surface area contributed by atoms with Crippen LogP contribution in [0.4, 0.5) is 4.79 Å². The molecule has 0 bridgehead atoms. The maximum Gasteiger partial charge on any atom is 0.407 e. The molecule has 0 radical (unpaired) electrons. The Labute approximate surface area is 207 Å². The summed E-state index contributed by atoms with van der Waals surface area (Å²) in [4.78, 5) is 26.8. The van der Waals surface area contributed by atoms with Gasteiger partial charge in [-0.3, -0.25) is 4.79 Å². The number of rotatable bonds is 10. The first-order chi connectivity index (χ1) is 16.6. The average molecular weight is 493 g/mol. The summed E-state index contributed by atoms with van der Waals surface area (Å²) in [7, 11) is 0. The summed E-state index contributed by atoms with van der Waals surface area (Å²) in [6.07, 6.45) is 5.49. The van der Waals surface area contributed by atoms with Gasteiger partial charge in [0.25, 0.3) is 5.91 Å². The summed E-state index contributed by atoms with van der Waals surface area (Å²) in [5.74, 6) is -0.340. The van der Waals surface area contributed by atoms with Crippen molar-refractivity contribution < 1.29 is 24.2 Å². The summed E-state index contributed by atoms with van der Waals surface area (Å²) in [5.41, 5.74) is 6.20. The Morgan fingerprint density at radius 1 is 1.34 bits per heavy atom. The number of nitrogens with one attached hydrogen (secondary N) is 3. The van der Waals surface area contributed by atoms with Crippen LogP contribution < -0.4 is 16.2 Å². The molecule has 1 aromatic heterocycles. The number of carbonyl (C=O) groups excluding carboxylic acids is 2. The van der Waals surface area contributed by atoms with Crippen LogP contribution in [0.15, 0.2) is 24.0 Å². The van der Waals surface area contributed by atoms with Gasteiger partial charge in [-0.1, -0.05) is 20.8 Å². The summed E-state index contributed by atoms with van der Waals surface area (Å²) in [6, 6.07) is 1.86. The minimum absolute atomic E-state index is 0.0137. The fourth-order valence-corrected chi connectivity index (χ4v) is 4.82. The van der Waals surface area contributed by atoms with Gasteiger partial charge in [-0.15, -0.1) is 0 Å². The van der Waals surface area contributed by atoms with Gasteiger partial charge in [0.1, 0.15) is 5.60 Å². The lowest BCUT2D eigenvalue weighted by atomic mass is 9.69. The molecule has 2 heterocycles. The van der Waals surface area contributed by atoms with Crippen molar-refractivity contribution in [3.05, 3.63) is 29.7 Å². The number of amides is 2. The van der Waals surface area contributed by atoms with Gasteiger partial charge in [0.2, 0.25) is 0 Å². The van der Waals surface area contributed by atoms with E-state index in [2.05, 4.69) is 42.0 Å². The van der Waals surface area contributed by atoms with Crippen LogP contribution in [0, 0.1) is 5.41 Å². The zero-order valence-electron chi connectivity index (χ0n) is 21.5. The number of ether oxygens (including phenoxy) is 2. The molecule has 0 aromatic carbocycles. The molecule has 0 saturated heterocycles. The van der Waals surface area contributed by atoms with Gasteiger partial charge >= 0.3 is 6.09 Å². The molecule has 3 rings (SSSR count).